The van der Waals surface area contributed by atoms with Crippen LogP contribution in [0.1, 0.15) is 17.8 Å². The van der Waals surface area contributed by atoms with Crippen molar-refractivity contribution in [3.05, 3.63) is 46.7 Å². The summed E-state index contributed by atoms with van der Waals surface area (Å²) in [6, 6.07) is 10.6. The Bertz CT molecular complexity index is 682. The highest BCUT2D eigenvalue weighted by Gasteiger charge is 2.12. The van der Waals surface area contributed by atoms with Crippen molar-refractivity contribution < 1.29 is 13.2 Å². The second-order valence-electron chi connectivity index (χ2n) is 5.04. The van der Waals surface area contributed by atoms with Crippen LogP contribution in [0.25, 0.3) is 0 Å². The van der Waals surface area contributed by atoms with Crippen LogP contribution in [0.15, 0.2) is 46.7 Å². The number of ether oxygens (including phenoxy) is 1. The van der Waals surface area contributed by atoms with E-state index in [1.54, 1.807) is 23.5 Å². The minimum absolute atomic E-state index is 0.0864. The Morgan fingerprint density at radius 1 is 1.27 bits per heavy atom. The van der Waals surface area contributed by atoms with Gasteiger partial charge in [-0.15, -0.1) is 11.3 Å². The zero-order chi connectivity index (χ0) is 16.2. The molecule has 0 aliphatic heterocycles. The summed E-state index contributed by atoms with van der Waals surface area (Å²) in [5, 5.41) is 7.12. The standard InChI is InChI=1S/C15H20N2O3S2/c1-12(15-4-3-11-21-15)17(2)9-10-20-13-5-7-14(8-6-13)22(16,18)19/h3-8,11-12H,9-10H2,1-2H3,(H2,16,18,19). The van der Waals surface area contributed by atoms with Crippen molar-refractivity contribution in [2.75, 3.05) is 20.2 Å². The van der Waals surface area contributed by atoms with Gasteiger partial charge in [0.25, 0.3) is 0 Å². The SMILES string of the molecule is CC(c1cccs1)N(C)CCOc1ccc(S(N)(=O)=O)cc1. The molecule has 0 radical (unpaired) electrons. The van der Waals surface area contributed by atoms with Gasteiger partial charge >= 0.3 is 0 Å². The molecule has 1 heterocycles. The van der Waals surface area contributed by atoms with Crippen LogP contribution < -0.4 is 9.88 Å². The molecular formula is C15H20N2O3S2. The van der Waals surface area contributed by atoms with Crippen LogP contribution in [0.4, 0.5) is 0 Å². The molecular weight excluding hydrogens is 320 g/mol. The molecule has 1 aromatic heterocycles. The van der Waals surface area contributed by atoms with Gasteiger partial charge in [0, 0.05) is 17.5 Å². The second-order valence-corrected chi connectivity index (χ2v) is 7.58. The summed E-state index contributed by atoms with van der Waals surface area (Å²) in [4.78, 5) is 3.62. The molecule has 0 aliphatic carbocycles. The molecule has 22 heavy (non-hydrogen) atoms. The Morgan fingerprint density at radius 2 is 1.95 bits per heavy atom. The van der Waals surface area contributed by atoms with E-state index in [0.29, 0.717) is 18.4 Å². The molecule has 0 amide bonds. The lowest BCUT2D eigenvalue weighted by atomic mass is 10.2. The molecule has 0 bridgehead atoms. The van der Waals surface area contributed by atoms with Gasteiger partial charge in [0.1, 0.15) is 12.4 Å². The smallest absolute Gasteiger partial charge is 0.238 e. The summed E-state index contributed by atoms with van der Waals surface area (Å²) in [7, 11) is -1.60. The molecule has 2 rings (SSSR count). The number of likely N-dealkylation sites (N-methyl/N-ethyl adjacent to an activating group) is 1. The average Bonchev–Trinajstić information content (AvgIpc) is 3.00. The molecule has 1 aromatic carbocycles. The van der Waals surface area contributed by atoms with Crippen LogP contribution in [0.3, 0.4) is 0 Å². The van der Waals surface area contributed by atoms with E-state index in [0.717, 1.165) is 6.54 Å². The van der Waals surface area contributed by atoms with Gasteiger partial charge in [0.2, 0.25) is 10.0 Å². The predicted octanol–water partition coefficient (Wildman–Crippen LogP) is 2.47. The summed E-state index contributed by atoms with van der Waals surface area (Å²) < 4.78 is 28.0. The Balaban J connectivity index is 1.83. The van der Waals surface area contributed by atoms with Crippen LogP contribution in [-0.4, -0.2) is 33.5 Å². The molecule has 120 valence electrons. The predicted molar refractivity (Wildman–Crippen MR) is 88.7 cm³/mol. The van der Waals surface area contributed by atoms with Gasteiger partial charge in [-0.05, 0) is 49.7 Å². The maximum absolute atomic E-state index is 11.2. The molecule has 1 unspecified atom stereocenters. The van der Waals surface area contributed by atoms with Crippen molar-refractivity contribution in [1.29, 1.82) is 0 Å². The third-order valence-electron chi connectivity index (χ3n) is 3.48. The largest absolute Gasteiger partial charge is 0.492 e. The second kappa shape index (κ2) is 7.23. The third-order valence-corrected chi connectivity index (χ3v) is 5.45. The molecule has 0 saturated carbocycles. The summed E-state index contributed by atoms with van der Waals surface area (Å²) in [6.45, 7) is 3.46. The van der Waals surface area contributed by atoms with E-state index in [1.807, 2.05) is 6.07 Å². The lowest BCUT2D eigenvalue weighted by Crippen LogP contribution is -2.26. The number of primary sulfonamides is 1. The van der Waals surface area contributed by atoms with Gasteiger partial charge in [-0.1, -0.05) is 6.07 Å². The van der Waals surface area contributed by atoms with E-state index in [-0.39, 0.29) is 4.90 Å². The zero-order valence-electron chi connectivity index (χ0n) is 12.6. The first-order valence-corrected chi connectivity index (χ1v) is 9.30. The average molecular weight is 340 g/mol. The Morgan fingerprint density at radius 3 is 2.50 bits per heavy atom. The van der Waals surface area contributed by atoms with Crippen molar-refractivity contribution in [3.63, 3.8) is 0 Å². The minimum Gasteiger partial charge on any atom is -0.492 e. The molecule has 0 saturated heterocycles. The maximum Gasteiger partial charge on any atom is 0.238 e. The van der Waals surface area contributed by atoms with E-state index in [4.69, 9.17) is 9.88 Å². The van der Waals surface area contributed by atoms with E-state index in [9.17, 15) is 8.42 Å². The van der Waals surface area contributed by atoms with Crippen LogP contribution in [0.5, 0.6) is 5.75 Å². The van der Waals surface area contributed by atoms with Crippen molar-refractivity contribution in [1.82, 2.24) is 4.90 Å². The fourth-order valence-corrected chi connectivity index (χ4v) is 3.34. The van der Waals surface area contributed by atoms with Gasteiger partial charge in [-0.25, -0.2) is 13.6 Å². The number of nitrogens with two attached hydrogens (primary N) is 1. The number of sulfonamides is 1. The third kappa shape index (κ3) is 4.54. The lowest BCUT2D eigenvalue weighted by Gasteiger charge is -2.23. The van der Waals surface area contributed by atoms with Crippen LogP contribution in [0, 0.1) is 0 Å². The van der Waals surface area contributed by atoms with Crippen molar-refractivity contribution in [2.45, 2.75) is 17.9 Å². The highest BCUT2D eigenvalue weighted by atomic mass is 32.2. The molecule has 0 aliphatic rings. The summed E-state index contributed by atoms with van der Waals surface area (Å²) in [6.07, 6.45) is 0. The summed E-state index contributed by atoms with van der Waals surface area (Å²) in [5.41, 5.74) is 0. The fourth-order valence-electron chi connectivity index (χ4n) is 1.97. The molecule has 0 fully saturated rings. The molecule has 2 aromatic rings. The zero-order valence-corrected chi connectivity index (χ0v) is 14.2. The van der Waals surface area contributed by atoms with Crippen molar-refractivity contribution in [3.8, 4) is 5.75 Å². The number of hydrogen-bond donors (Lipinski definition) is 1. The minimum atomic E-state index is -3.65. The highest BCUT2D eigenvalue weighted by Crippen LogP contribution is 2.23. The number of nitrogens with zero attached hydrogens (tertiary/aromatic N) is 1. The molecule has 1 atom stereocenters. The first-order valence-electron chi connectivity index (χ1n) is 6.87. The quantitative estimate of drug-likeness (QED) is 0.840. The van der Waals surface area contributed by atoms with Gasteiger partial charge in [0.15, 0.2) is 0 Å². The first-order chi connectivity index (χ1) is 10.4. The van der Waals surface area contributed by atoms with Gasteiger partial charge in [-0.3, -0.25) is 4.90 Å². The summed E-state index contributed by atoms with van der Waals surface area (Å²) >= 11 is 1.74. The number of thiophene rings is 1. The van der Waals surface area contributed by atoms with Crippen molar-refractivity contribution >= 4 is 21.4 Å². The van der Waals surface area contributed by atoms with E-state index >= 15 is 0 Å². The van der Waals surface area contributed by atoms with Gasteiger partial charge < -0.3 is 4.74 Å². The van der Waals surface area contributed by atoms with Crippen molar-refractivity contribution in [2.24, 2.45) is 5.14 Å². The lowest BCUT2D eigenvalue weighted by molar-refractivity contribution is 0.202. The first kappa shape index (κ1) is 17.0. The molecule has 2 N–H and O–H groups in total. The molecule has 5 nitrogen and oxygen atoms in total. The van der Waals surface area contributed by atoms with E-state index < -0.39 is 10.0 Å². The number of hydrogen-bond acceptors (Lipinski definition) is 5. The molecule has 0 spiro atoms. The Hall–Kier alpha value is -1.41. The van der Waals surface area contributed by atoms with Crippen LogP contribution >= 0.6 is 11.3 Å². The van der Waals surface area contributed by atoms with Crippen LogP contribution in [0.2, 0.25) is 0 Å². The highest BCUT2D eigenvalue weighted by molar-refractivity contribution is 7.89. The Labute approximate surface area is 135 Å². The normalized spacial score (nSPS) is 13.3. The Kier molecular flexibility index (Phi) is 5.57. The van der Waals surface area contributed by atoms with E-state index in [1.165, 1.54) is 17.0 Å². The van der Waals surface area contributed by atoms with Gasteiger partial charge in [-0.2, -0.15) is 0 Å². The summed E-state index contributed by atoms with van der Waals surface area (Å²) in [5.74, 6) is 0.629. The maximum atomic E-state index is 11.2. The molecule has 7 heteroatoms. The van der Waals surface area contributed by atoms with E-state index in [2.05, 4.69) is 30.3 Å². The number of benzene rings is 1. The monoisotopic (exact) mass is 340 g/mol. The van der Waals surface area contributed by atoms with Gasteiger partial charge in [0.05, 0.1) is 4.90 Å². The van der Waals surface area contributed by atoms with Crippen LogP contribution in [-0.2, 0) is 10.0 Å². The topological polar surface area (TPSA) is 72.6 Å². The number of rotatable bonds is 7. The fraction of sp³-hybridized carbons (Fsp3) is 0.333.